The molecule has 0 spiro atoms. The van der Waals surface area contributed by atoms with Crippen molar-refractivity contribution in [3.8, 4) is 0 Å². The number of nitrogens with zero attached hydrogens (tertiary/aromatic N) is 1. The summed E-state index contributed by atoms with van der Waals surface area (Å²) in [5.41, 5.74) is 3.96. The van der Waals surface area contributed by atoms with E-state index in [1.54, 1.807) is 25.1 Å². The van der Waals surface area contributed by atoms with Crippen molar-refractivity contribution in [2.75, 3.05) is 15.4 Å². The van der Waals surface area contributed by atoms with Gasteiger partial charge in [-0.3, -0.25) is 9.10 Å². The van der Waals surface area contributed by atoms with E-state index in [9.17, 15) is 13.2 Å². The zero-order chi connectivity index (χ0) is 18.2. The Hall–Kier alpha value is -2.34. The third kappa shape index (κ3) is 3.39. The number of carbonyl (C=O) groups is 1. The van der Waals surface area contributed by atoms with Gasteiger partial charge in [-0.05, 0) is 63.1 Å². The van der Waals surface area contributed by atoms with E-state index in [0.717, 1.165) is 16.8 Å². The van der Waals surface area contributed by atoms with E-state index in [1.165, 1.54) is 4.31 Å². The van der Waals surface area contributed by atoms with Crippen LogP contribution in [0.25, 0.3) is 0 Å². The number of rotatable bonds is 4. The van der Waals surface area contributed by atoms with E-state index in [-0.39, 0.29) is 17.7 Å². The van der Waals surface area contributed by atoms with Crippen LogP contribution < -0.4 is 9.62 Å². The molecule has 1 aliphatic heterocycles. The van der Waals surface area contributed by atoms with E-state index >= 15 is 0 Å². The molecule has 0 aliphatic carbocycles. The van der Waals surface area contributed by atoms with E-state index in [2.05, 4.69) is 5.32 Å². The highest BCUT2D eigenvalue weighted by Crippen LogP contribution is 2.35. The third-order valence-corrected chi connectivity index (χ3v) is 6.35. The molecule has 0 fully saturated rings. The molecule has 2 aromatic rings. The number of amides is 1. The second-order valence-electron chi connectivity index (χ2n) is 6.41. The molecule has 0 saturated carbocycles. The molecule has 0 bridgehead atoms. The first kappa shape index (κ1) is 17.5. The quantitative estimate of drug-likeness (QED) is 0.911. The Bertz CT molecular complexity index is 905. The number of benzene rings is 2. The van der Waals surface area contributed by atoms with Crippen LogP contribution in [-0.4, -0.2) is 26.1 Å². The van der Waals surface area contributed by atoms with Gasteiger partial charge in [-0.25, -0.2) is 8.42 Å². The summed E-state index contributed by atoms with van der Waals surface area (Å²) in [4.78, 5) is 12.5. The SMILES string of the molecule is CCS(=O)(=O)N1c2ccc(C(=O)Nc3ccc(C)cc3)cc2C[C@H]1C. The van der Waals surface area contributed by atoms with Crippen LogP contribution in [0.1, 0.15) is 35.3 Å². The van der Waals surface area contributed by atoms with Crippen molar-refractivity contribution in [1.29, 1.82) is 0 Å². The fraction of sp³-hybridized carbons (Fsp3) is 0.316. The molecule has 25 heavy (non-hydrogen) atoms. The number of fused-ring (bicyclic) bond motifs is 1. The molecule has 1 heterocycles. The van der Waals surface area contributed by atoms with Crippen molar-refractivity contribution in [3.05, 3.63) is 59.2 Å². The van der Waals surface area contributed by atoms with E-state index < -0.39 is 10.0 Å². The number of nitrogens with one attached hydrogen (secondary N) is 1. The highest BCUT2D eigenvalue weighted by Gasteiger charge is 2.34. The normalized spacial score (nSPS) is 16.6. The summed E-state index contributed by atoms with van der Waals surface area (Å²) in [7, 11) is -3.31. The maximum atomic E-state index is 12.5. The monoisotopic (exact) mass is 358 g/mol. The van der Waals surface area contributed by atoms with Gasteiger partial charge in [-0.2, -0.15) is 0 Å². The molecule has 1 aliphatic rings. The second kappa shape index (κ2) is 6.52. The first-order chi connectivity index (χ1) is 11.8. The minimum absolute atomic E-state index is 0.0619. The number of hydrogen-bond acceptors (Lipinski definition) is 3. The van der Waals surface area contributed by atoms with Crippen molar-refractivity contribution in [2.24, 2.45) is 0 Å². The Kier molecular flexibility index (Phi) is 4.56. The molecule has 0 aromatic heterocycles. The average Bonchev–Trinajstić information content (AvgIpc) is 2.92. The van der Waals surface area contributed by atoms with Gasteiger partial charge in [0.2, 0.25) is 10.0 Å². The maximum absolute atomic E-state index is 12.5. The summed E-state index contributed by atoms with van der Waals surface area (Å²) >= 11 is 0. The lowest BCUT2D eigenvalue weighted by atomic mass is 10.1. The molecule has 0 saturated heterocycles. The zero-order valence-electron chi connectivity index (χ0n) is 14.6. The minimum atomic E-state index is -3.31. The Balaban J connectivity index is 1.86. The molecular weight excluding hydrogens is 336 g/mol. The van der Waals surface area contributed by atoms with Crippen LogP contribution in [-0.2, 0) is 16.4 Å². The van der Waals surface area contributed by atoms with Crippen molar-refractivity contribution >= 4 is 27.3 Å². The number of carbonyl (C=O) groups excluding carboxylic acids is 1. The molecule has 0 unspecified atom stereocenters. The van der Waals surface area contributed by atoms with Gasteiger partial charge in [0, 0.05) is 17.3 Å². The molecular formula is C19H22N2O3S. The van der Waals surface area contributed by atoms with Crippen LogP contribution in [0.3, 0.4) is 0 Å². The molecule has 132 valence electrons. The second-order valence-corrected chi connectivity index (χ2v) is 8.55. The molecule has 2 aromatic carbocycles. The summed E-state index contributed by atoms with van der Waals surface area (Å²) in [5.74, 6) is -0.136. The Morgan fingerprint density at radius 3 is 2.52 bits per heavy atom. The summed E-state index contributed by atoms with van der Waals surface area (Å²) < 4.78 is 26.1. The standard InChI is InChI=1S/C19H22N2O3S/c1-4-25(23,24)21-14(3)11-16-12-15(7-10-18(16)21)19(22)20-17-8-5-13(2)6-9-17/h5-10,12,14H,4,11H2,1-3H3,(H,20,22)/t14-/m1/s1. The maximum Gasteiger partial charge on any atom is 0.255 e. The predicted molar refractivity (Wildman–Crippen MR) is 101 cm³/mol. The summed E-state index contributed by atoms with van der Waals surface area (Å²) in [5, 5.41) is 2.87. The first-order valence-corrected chi connectivity index (χ1v) is 9.96. The molecule has 1 N–H and O–H groups in total. The molecule has 5 nitrogen and oxygen atoms in total. The average molecular weight is 358 g/mol. The van der Waals surface area contributed by atoms with Gasteiger partial charge >= 0.3 is 0 Å². The fourth-order valence-electron chi connectivity index (χ4n) is 3.15. The van der Waals surface area contributed by atoms with Crippen LogP contribution in [0.5, 0.6) is 0 Å². The highest BCUT2D eigenvalue weighted by molar-refractivity contribution is 7.92. The van der Waals surface area contributed by atoms with Gasteiger partial charge in [0.1, 0.15) is 0 Å². The Morgan fingerprint density at radius 2 is 1.88 bits per heavy atom. The number of aryl methyl sites for hydroxylation is 1. The minimum Gasteiger partial charge on any atom is -0.322 e. The van der Waals surface area contributed by atoms with Crippen LogP contribution in [0, 0.1) is 6.92 Å². The van der Waals surface area contributed by atoms with Crippen molar-refractivity contribution < 1.29 is 13.2 Å². The van der Waals surface area contributed by atoms with E-state index in [4.69, 9.17) is 0 Å². The largest absolute Gasteiger partial charge is 0.322 e. The lowest BCUT2D eigenvalue weighted by molar-refractivity contribution is 0.102. The molecule has 3 rings (SSSR count). The smallest absolute Gasteiger partial charge is 0.255 e. The fourth-order valence-corrected chi connectivity index (χ4v) is 4.53. The van der Waals surface area contributed by atoms with Gasteiger partial charge in [0.25, 0.3) is 5.91 Å². The number of sulfonamides is 1. The Labute approximate surface area is 148 Å². The van der Waals surface area contributed by atoms with Crippen LogP contribution in [0.15, 0.2) is 42.5 Å². The van der Waals surface area contributed by atoms with Crippen LogP contribution >= 0.6 is 0 Å². The van der Waals surface area contributed by atoms with Gasteiger partial charge in [-0.1, -0.05) is 17.7 Å². The Morgan fingerprint density at radius 1 is 1.20 bits per heavy atom. The van der Waals surface area contributed by atoms with Crippen molar-refractivity contribution in [3.63, 3.8) is 0 Å². The van der Waals surface area contributed by atoms with E-state index in [0.29, 0.717) is 17.7 Å². The lowest BCUT2D eigenvalue weighted by Crippen LogP contribution is -2.36. The molecule has 0 radical (unpaired) electrons. The van der Waals surface area contributed by atoms with Gasteiger partial charge in [0.05, 0.1) is 11.4 Å². The molecule has 1 atom stereocenters. The van der Waals surface area contributed by atoms with Crippen LogP contribution in [0.4, 0.5) is 11.4 Å². The molecule has 6 heteroatoms. The summed E-state index contributed by atoms with van der Waals surface area (Å²) in [6, 6.07) is 12.7. The number of anilines is 2. The van der Waals surface area contributed by atoms with Gasteiger partial charge in [0.15, 0.2) is 0 Å². The predicted octanol–water partition coefficient (Wildman–Crippen LogP) is 3.35. The van der Waals surface area contributed by atoms with Crippen molar-refractivity contribution in [1.82, 2.24) is 0 Å². The molecule has 1 amide bonds. The number of hydrogen-bond donors (Lipinski definition) is 1. The van der Waals surface area contributed by atoms with Crippen molar-refractivity contribution in [2.45, 2.75) is 33.2 Å². The topological polar surface area (TPSA) is 66.5 Å². The highest BCUT2D eigenvalue weighted by atomic mass is 32.2. The first-order valence-electron chi connectivity index (χ1n) is 8.35. The van der Waals surface area contributed by atoms with Gasteiger partial charge in [-0.15, -0.1) is 0 Å². The van der Waals surface area contributed by atoms with E-state index in [1.807, 2.05) is 38.1 Å². The van der Waals surface area contributed by atoms with Crippen LogP contribution in [0.2, 0.25) is 0 Å². The summed E-state index contributed by atoms with van der Waals surface area (Å²) in [6.07, 6.45) is 0.611. The zero-order valence-corrected chi connectivity index (χ0v) is 15.4. The van der Waals surface area contributed by atoms with Gasteiger partial charge < -0.3 is 5.32 Å². The third-order valence-electron chi connectivity index (χ3n) is 4.47. The summed E-state index contributed by atoms with van der Waals surface area (Å²) in [6.45, 7) is 5.52. The lowest BCUT2D eigenvalue weighted by Gasteiger charge is -2.23.